The maximum absolute atomic E-state index is 16.8. The highest BCUT2D eigenvalue weighted by Gasteiger charge is 2.67. The maximum atomic E-state index is 16.8. The Hall–Kier alpha value is -6.27. The van der Waals surface area contributed by atoms with Gasteiger partial charge in [-0.3, -0.25) is 43.9 Å². The van der Waals surface area contributed by atoms with E-state index < -0.39 is 58.4 Å². The van der Waals surface area contributed by atoms with E-state index in [1.54, 1.807) is 48.5 Å². The summed E-state index contributed by atoms with van der Waals surface area (Å²) >= 11 is 13.1. The van der Waals surface area contributed by atoms with E-state index in [2.05, 4.69) is 74.2 Å². The molecule has 0 bridgehead atoms. The topological polar surface area (TPSA) is 157 Å². The third-order valence-corrected chi connectivity index (χ3v) is 16.6. The Labute approximate surface area is 434 Å². The minimum atomic E-state index is -1.07. The van der Waals surface area contributed by atoms with Crippen molar-refractivity contribution in [1.82, 2.24) is 20.0 Å². The number of nitrogens with one attached hydrogen (secondary N) is 3. The highest BCUT2D eigenvalue weighted by molar-refractivity contribution is 6.31. The molecule has 5 aliphatic heterocycles. The fraction of sp³-hybridized carbons (Fsp3) is 0.439. The maximum Gasteiger partial charge on any atom is 0.263 e. The second-order valence-corrected chi connectivity index (χ2v) is 23.6. The summed E-state index contributed by atoms with van der Waals surface area (Å²) in [7, 11) is 1.49. The zero-order valence-electron chi connectivity index (χ0n) is 42.0. The van der Waals surface area contributed by atoms with Gasteiger partial charge in [-0.2, -0.15) is 0 Å². The summed E-state index contributed by atoms with van der Waals surface area (Å²) in [6, 6.07) is 18.5. The average Bonchev–Trinajstić information content (AvgIpc) is 3.58. The summed E-state index contributed by atoms with van der Waals surface area (Å²) in [4.78, 5) is 86.0. The number of halogens is 3. The van der Waals surface area contributed by atoms with Crippen molar-refractivity contribution >= 4 is 70.0 Å². The van der Waals surface area contributed by atoms with Crippen molar-refractivity contribution in [2.24, 2.45) is 16.7 Å². The van der Waals surface area contributed by atoms with Crippen LogP contribution in [0.1, 0.15) is 134 Å². The zero-order valence-corrected chi connectivity index (χ0v) is 43.5. The molecule has 10 rings (SSSR count). The summed E-state index contributed by atoms with van der Waals surface area (Å²) in [6.07, 6.45) is 3.06. The highest BCUT2D eigenvalue weighted by atomic mass is 35.5. The van der Waals surface area contributed by atoms with Crippen LogP contribution in [0.25, 0.3) is 0 Å². The lowest BCUT2D eigenvalue weighted by Gasteiger charge is -2.46. The van der Waals surface area contributed by atoms with Crippen LogP contribution in [0.5, 0.6) is 5.75 Å². The summed E-state index contributed by atoms with van der Waals surface area (Å²) in [5, 5.41) is 9.56. The second-order valence-electron chi connectivity index (χ2n) is 22.8. The third-order valence-electron chi connectivity index (χ3n) is 16.1. The molecule has 6 amide bonds. The Morgan fingerprint density at radius 3 is 2.37 bits per heavy atom. The largest absolute Gasteiger partial charge is 0.495 e. The number of hydrogen-bond acceptors (Lipinski definition) is 9. The number of anilines is 2. The first kappa shape index (κ1) is 50.3. The summed E-state index contributed by atoms with van der Waals surface area (Å²) in [5.74, 6) is 2.76. The molecule has 5 heterocycles. The van der Waals surface area contributed by atoms with E-state index in [4.69, 9.17) is 27.9 Å². The molecular weight excluding hydrogens is 971 g/mol. The van der Waals surface area contributed by atoms with Gasteiger partial charge in [-0.05, 0) is 123 Å². The zero-order chi connectivity index (χ0) is 52.1. The van der Waals surface area contributed by atoms with Crippen molar-refractivity contribution < 1.29 is 37.9 Å². The van der Waals surface area contributed by atoms with Crippen molar-refractivity contribution in [2.75, 3.05) is 37.4 Å². The number of methoxy groups -OCH3 is 1. The first-order chi connectivity index (χ1) is 34.6. The van der Waals surface area contributed by atoms with Crippen LogP contribution in [-0.2, 0) is 19.8 Å². The molecule has 1 aliphatic carbocycles. The van der Waals surface area contributed by atoms with Crippen LogP contribution in [-0.4, -0.2) is 101 Å². The number of hydrogen-bond donors (Lipinski definition) is 3. The Morgan fingerprint density at radius 2 is 1.67 bits per heavy atom. The van der Waals surface area contributed by atoms with Gasteiger partial charge in [-0.15, -0.1) is 0 Å². The number of piperidine rings is 2. The van der Waals surface area contributed by atoms with E-state index in [0.717, 1.165) is 35.4 Å². The molecule has 4 fully saturated rings. The molecular formula is C57H59Cl2FN6O7. The van der Waals surface area contributed by atoms with E-state index in [1.807, 2.05) is 23.1 Å². The number of benzene rings is 4. The number of carbonyl (C=O) groups excluding carboxylic acids is 6. The second kappa shape index (κ2) is 18.3. The Balaban J connectivity index is 0.874. The number of ether oxygens (including phenoxy) is 1. The van der Waals surface area contributed by atoms with Crippen LogP contribution in [0, 0.1) is 34.4 Å². The molecule has 6 aliphatic rings. The molecule has 4 aromatic carbocycles. The fourth-order valence-corrected chi connectivity index (χ4v) is 13.0. The molecule has 0 radical (unpaired) electrons. The third kappa shape index (κ3) is 8.64. The summed E-state index contributed by atoms with van der Waals surface area (Å²) in [6.45, 7) is 14.2. The molecule has 380 valence electrons. The molecule has 0 aromatic heterocycles. The SMILES string of the molecule is COc1cc(C(=O)N2CCC3(CC2)C[C@@H]3C#Cc2cccc3c2C(=O)N([C@H]2CCC(=O)NC2=O)C3=O)ccc1NC(=O)[C@H]1[C@H](c2cccc(Cl)c2F)[C@]2(CNc3cc(Cl)ccc32)[C@H](CC(C)(C)C)N1C(C)(C)C. The van der Waals surface area contributed by atoms with Gasteiger partial charge in [0.25, 0.3) is 17.7 Å². The molecule has 13 nitrogen and oxygen atoms in total. The predicted octanol–water partition coefficient (Wildman–Crippen LogP) is 9.21. The summed E-state index contributed by atoms with van der Waals surface area (Å²) in [5.41, 5.74) is 2.00. The lowest BCUT2D eigenvalue weighted by Crippen LogP contribution is -2.56. The quantitative estimate of drug-likeness (QED) is 0.121. The molecule has 73 heavy (non-hydrogen) atoms. The minimum absolute atomic E-state index is 0.0286. The molecule has 16 heteroatoms. The number of likely N-dealkylation sites (tertiary alicyclic amines) is 2. The molecule has 6 atom stereocenters. The van der Waals surface area contributed by atoms with Gasteiger partial charge in [0.1, 0.15) is 17.6 Å². The minimum Gasteiger partial charge on any atom is -0.495 e. The number of amides is 6. The van der Waals surface area contributed by atoms with Gasteiger partial charge in [0.05, 0.1) is 35.0 Å². The summed E-state index contributed by atoms with van der Waals surface area (Å²) < 4.78 is 22.6. The Morgan fingerprint density at radius 1 is 0.932 bits per heavy atom. The van der Waals surface area contributed by atoms with E-state index in [-0.39, 0.29) is 63.6 Å². The van der Waals surface area contributed by atoms with Gasteiger partial charge < -0.3 is 20.3 Å². The molecule has 0 unspecified atom stereocenters. The Kier molecular flexibility index (Phi) is 12.6. The number of fused-ring (bicyclic) bond motifs is 3. The molecule has 4 aromatic rings. The van der Waals surface area contributed by atoms with Crippen molar-refractivity contribution in [3.63, 3.8) is 0 Å². The lowest BCUT2D eigenvalue weighted by molar-refractivity contribution is -0.136. The monoisotopic (exact) mass is 1030 g/mol. The highest BCUT2D eigenvalue weighted by Crippen LogP contribution is 2.62. The number of carbonyl (C=O) groups is 6. The predicted molar refractivity (Wildman–Crippen MR) is 276 cm³/mol. The smallest absolute Gasteiger partial charge is 0.263 e. The van der Waals surface area contributed by atoms with Gasteiger partial charge >= 0.3 is 0 Å². The molecule has 3 saturated heterocycles. The van der Waals surface area contributed by atoms with Gasteiger partial charge in [0.15, 0.2) is 0 Å². The van der Waals surface area contributed by atoms with Crippen molar-refractivity contribution in [2.45, 2.75) is 115 Å². The van der Waals surface area contributed by atoms with Gasteiger partial charge in [-0.1, -0.05) is 80.1 Å². The number of rotatable bonds is 7. The van der Waals surface area contributed by atoms with Crippen LogP contribution in [0.3, 0.4) is 0 Å². The number of imide groups is 2. The normalized spacial score (nSPS) is 25.3. The van der Waals surface area contributed by atoms with Crippen LogP contribution < -0.4 is 20.7 Å². The first-order valence-corrected chi connectivity index (χ1v) is 25.7. The number of nitrogens with zero attached hydrogens (tertiary/aromatic N) is 3. The van der Waals surface area contributed by atoms with Gasteiger partial charge in [-0.25, -0.2) is 4.39 Å². The standard InChI is InChI=1S/C57H59Cl2FN6O7/c1-54(2,3)29-43-57(30-61-40-27-34(58)17-18-37(40)57)46(36-12-9-13-38(59)47(36)60)48(66(43)55(4,5)6)50(69)62-39-19-15-32(26-42(39)73-7)51(70)64-24-22-56(23-25-64)28-33(56)16-14-31-10-8-11-35-45(31)53(72)65(52(35)71)41-20-21-44(67)63-49(41)68/h8-13,15,17-19,26-27,33,41,43,46,48,61H,20-25,28-30H2,1-7H3,(H,62,69)(H,63,67,68)/t33-,41-,43-,46-,48+,57-/m0/s1. The van der Waals surface area contributed by atoms with Gasteiger partial charge in [0.2, 0.25) is 17.7 Å². The van der Waals surface area contributed by atoms with E-state index in [0.29, 0.717) is 59.2 Å². The van der Waals surface area contributed by atoms with E-state index in [9.17, 15) is 24.0 Å². The van der Waals surface area contributed by atoms with E-state index in [1.165, 1.54) is 13.2 Å². The molecule has 2 spiro atoms. The first-order valence-electron chi connectivity index (χ1n) is 25.0. The van der Waals surface area contributed by atoms with Crippen LogP contribution in [0.2, 0.25) is 10.0 Å². The van der Waals surface area contributed by atoms with Gasteiger partial charge in [0, 0.05) is 76.7 Å². The fourth-order valence-electron chi connectivity index (χ4n) is 12.7. The Bertz CT molecular complexity index is 3090. The van der Waals surface area contributed by atoms with Crippen LogP contribution >= 0.6 is 23.2 Å². The van der Waals surface area contributed by atoms with Crippen molar-refractivity contribution in [3.05, 3.63) is 122 Å². The molecule has 1 saturated carbocycles. The lowest BCUT2D eigenvalue weighted by atomic mass is 9.63. The molecule has 3 N–H and O–H groups in total. The van der Waals surface area contributed by atoms with Crippen molar-refractivity contribution in [3.8, 4) is 17.6 Å². The van der Waals surface area contributed by atoms with Crippen molar-refractivity contribution in [1.29, 1.82) is 0 Å². The van der Waals surface area contributed by atoms with Crippen LogP contribution in [0.15, 0.2) is 72.8 Å². The van der Waals surface area contributed by atoms with Crippen LogP contribution in [0.4, 0.5) is 15.8 Å². The average molecular weight is 1030 g/mol. The van der Waals surface area contributed by atoms with E-state index >= 15 is 9.18 Å².